The van der Waals surface area contributed by atoms with Gasteiger partial charge in [-0.15, -0.1) is 0 Å². The molecule has 0 aliphatic rings. The molecule has 0 saturated carbocycles. The molecule has 116 valence electrons. The molecule has 0 saturated heterocycles. The molecule has 4 heteroatoms. The molecule has 0 aromatic heterocycles. The predicted octanol–water partition coefficient (Wildman–Crippen LogP) is 6.95. The van der Waals surface area contributed by atoms with Crippen LogP contribution in [0.1, 0.15) is 77.2 Å². The van der Waals surface area contributed by atoms with Crippen molar-refractivity contribution in [1.29, 1.82) is 0 Å². The molecule has 0 radical (unpaired) electrons. The van der Waals surface area contributed by atoms with E-state index in [1.807, 2.05) is 27.7 Å². The van der Waals surface area contributed by atoms with Crippen molar-refractivity contribution in [1.82, 2.24) is 0 Å². The van der Waals surface area contributed by atoms with Crippen molar-refractivity contribution >= 4 is 0 Å². The Kier molecular flexibility index (Phi) is 56.2. The van der Waals surface area contributed by atoms with E-state index in [2.05, 4.69) is 0 Å². The summed E-state index contributed by atoms with van der Waals surface area (Å²) in [6.07, 6.45) is -3.92. The van der Waals surface area contributed by atoms with Gasteiger partial charge in [0.25, 0.3) is 0 Å². The van der Waals surface area contributed by atoms with Gasteiger partial charge in [-0.05, 0) is 6.42 Å². The van der Waals surface area contributed by atoms with E-state index in [0.717, 1.165) is 0 Å². The Morgan fingerprint density at radius 1 is 0.765 bits per heavy atom. The molecule has 0 heterocycles. The number of rotatable bonds is 1. The van der Waals surface area contributed by atoms with Gasteiger partial charge in [-0.2, -0.15) is 13.2 Å². The van der Waals surface area contributed by atoms with Crippen molar-refractivity contribution in [3.63, 3.8) is 0 Å². The van der Waals surface area contributed by atoms with Crippen molar-refractivity contribution in [2.45, 2.75) is 83.3 Å². The second kappa shape index (κ2) is 22.2. The largest absolute Gasteiger partial charge is 0.393 e. The second-order valence-electron chi connectivity index (χ2n) is 2.74. The van der Waals surface area contributed by atoms with Gasteiger partial charge in [0.15, 0.2) is 0 Å². The van der Waals surface area contributed by atoms with E-state index < -0.39 is 11.6 Å². The number of hydrogen-bond donors (Lipinski definition) is 0. The van der Waals surface area contributed by atoms with Crippen LogP contribution in [-0.2, 0) is 0 Å². The SMILES string of the molecule is C.C.C.CC.CC.CCC(C)(C)C(F)(F)F.[Ar]. The third-order valence-corrected chi connectivity index (χ3v) is 1.65. The standard InChI is InChI=1S/C6H11F3.2C2H6.3CH4.Ar/c1-4-5(2,3)6(7,8)9;2*1-2;;;;/h4H2,1-3H3;2*1-2H3;3*1H4;. The fourth-order valence-corrected chi connectivity index (χ4v) is 0.200. The summed E-state index contributed by atoms with van der Waals surface area (Å²) in [6, 6.07) is 0. The number of halogens is 3. The monoisotopic (exact) mass is 288 g/mol. The van der Waals surface area contributed by atoms with E-state index in [9.17, 15) is 13.2 Å². The molecule has 17 heavy (non-hydrogen) atoms. The molecule has 0 aromatic rings. The van der Waals surface area contributed by atoms with Crippen LogP contribution in [0, 0.1) is 43.2 Å². The van der Waals surface area contributed by atoms with Gasteiger partial charge < -0.3 is 0 Å². The topological polar surface area (TPSA) is 0 Å². The Balaban J connectivity index is -0.0000000227. The van der Waals surface area contributed by atoms with Crippen molar-refractivity contribution < 1.29 is 50.9 Å². The van der Waals surface area contributed by atoms with Crippen molar-refractivity contribution in [2.24, 2.45) is 5.41 Å². The molecule has 0 rings (SSSR count). The molecule has 0 aromatic carbocycles. The first-order valence-electron chi connectivity index (χ1n) is 4.88. The van der Waals surface area contributed by atoms with E-state index in [4.69, 9.17) is 0 Å². The second-order valence-corrected chi connectivity index (χ2v) is 2.74. The molecule has 0 spiro atoms. The maximum absolute atomic E-state index is 11.8. The van der Waals surface area contributed by atoms with Crippen LogP contribution in [-0.4, -0.2) is 6.18 Å². The predicted molar refractivity (Wildman–Crippen MR) is 73.0 cm³/mol. The van der Waals surface area contributed by atoms with Crippen molar-refractivity contribution in [3.05, 3.63) is 0 Å². The van der Waals surface area contributed by atoms with Gasteiger partial charge in [-0.3, -0.25) is 0 Å². The molecule has 0 atom stereocenters. The summed E-state index contributed by atoms with van der Waals surface area (Å²) >= 11 is 0. The maximum Gasteiger partial charge on any atom is 0.393 e. The average molecular weight is 288 g/mol. The fraction of sp³-hybridized carbons (Fsp3) is 1.00. The quantitative estimate of drug-likeness (QED) is 0.490. The number of hydrogen-bond acceptors (Lipinski definition) is 0. The van der Waals surface area contributed by atoms with Gasteiger partial charge >= 0.3 is 6.18 Å². The van der Waals surface area contributed by atoms with Gasteiger partial charge in [-0.1, -0.05) is 70.7 Å². The molecule has 0 bridgehead atoms. The Morgan fingerprint density at radius 3 is 0.941 bits per heavy atom. The zero-order chi connectivity index (χ0) is 11.7. The fourth-order valence-electron chi connectivity index (χ4n) is 0.200. The molecule has 0 nitrogen and oxygen atoms in total. The summed E-state index contributed by atoms with van der Waals surface area (Å²) in [4.78, 5) is 0. The normalized spacial score (nSPS) is 8.12. The van der Waals surface area contributed by atoms with Crippen LogP contribution < -0.4 is 0 Å². The Morgan fingerprint density at radius 2 is 0.941 bits per heavy atom. The molecule has 0 aliphatic carbocycles. The van der Waals surface area contributed by atoms with Crippen LogP contribution in [0.3, 0.4) is 0 Å². The smallest absolute Gasteiger partial charge is 0.171 e. The van der Waals surface area contributed by atoms with E-state index in [1.54, 1.807) is 0 Å². The molecule has 0 fully saturated rings. The van der Waals surface area contributed by atoms with Crippen LogP contribution in [0.15, 0.2) is 0 Å². The molecule has 0 amide bonds. The Bertz CT molecular complexity index is 99.3. The molecule has 0 aliphatic heterocycles. The molecule has 0 N–H and O–H groups in total. The summed E-state index contributed by atoms with van der Waals surface area (Å²) in [5, 5.41) is 0. The number of alkyl halides is 3. The first-order chi connectivity index (χ1) is 5.81. The molecular formula is C13H35ArF3. The summed E-state index contributed by atoms with van der Waals surface area (Å²) in [7, 11) is 0. The first-order valence-corrected chi connectivity index (χ1v) is 4.88. The molecular weight excluding hydrogens is 253 g/mol. The zero-order valence-electron chi connectivity index (χ0n) is 10.2. The minimum atomic E-state index is -4.05. The van der Waals surface area contributed by atoms with Gasteiger partial charge in [0.05, 0.1) is 5.41 Å². The Hall–Kier alpha value is 1.05. The average Bonchev–Trinajstić information content (AvgIpc) is 2.10. The minimum Gasteiger partial charge on any atom is -0.171 e. The summed E-state index contributed by atoms with van der Waals surface area (Å²) in [5.74, 6) is 0. The van der Waals surface area contributed by atoms with E-state index >= 15 is 0 Å². The summed E-state index contributed by atoms with van der Waals surface area (Å²) in [6.45, 7) is 11.9. The summed E-state index contributed by atoms with van der Waals surface area (Å²) < 4.78 is 35.5. The van der Waals surface area contributed by atoms with Gasteiger partial charge in [0, 0.05) is 37.7 Å². The van der Waals surface area contributed by atoms with E-state index in [-0.39, 0.29) is 66.4 Å². The van der Waals surface area contributed by atoms with Crippen molar-refractivity contribution in [3.8, 4) is 0 Å². The van der Waals surface area contributed by atoms with Gasteiger partial charge in [0.2, 0.25) is 0 Å². The summed E-state index contributed by atoms with van der Waals surface area (Å²) in [5.41, 5.74) is -1.52. The van der Waals surface area contributed by atoms with Gasteiger partial charge in [0.1, 0.15) is 0 Å². The minimum absolute atomic E-state index is 0. The van der Waals surface area contributed by atoms with Crippen LogP contribution in [0.2, 0.25) is 0 Å². The van der Waals surface area contributed by atoms with E-state index in [0.29, 0.717) is 0 Å². The van der Waals surface area contributed by atoms with Crippen LogP contribution in [0.5, 0.6) is 0 Å². The molecule has 0 unspecified atom stereocenters. The van der Waals surface area contributed by atoms with Crippen LogP contribution in [0.25, 0.3) is 0 Å². The zero-order valence-corrected chi connectivity index (χ0v) is 10.9. The van der Waals surface area contributed by atoms with Crippen molar-refractivity contribution in [2.75, 3.05) is 0 Å². The maximum atomic E-state index is 11.8. The first kappa shape index (κ1) is 43.0. The van der Waals surface area contributed by atoms with Crippen LogP contribution >= 0.6 is 0 Å². The third-order valence-electron chi connectivity index (χ3n) is 1.65. The van der Waals surface area contributed by atoms with E-state index in [1.165, 1.54) is 20.8 Å². The van der Waals surface area contributed by atoms with Crippen LogP contribution in [0.4, 0.5) is 13.2 Å². The Labute approximate surface area is 139 Å². The third kappa shape index (κ3) is 22.7. The van der Waals surface area contributed by atoms with Gasteiger partial charge in [-0.25, -0.2) is 0 Å².